The van der Waals surface area contributed by atoms with Gasteiger partial charge in [-0.2, -0.15) is 0 Å². The van der Waals surface area contributed by atoms with Gasteiger partial charge in [0.25, 0.3) is 0 Å². The summed E-state index contributed by atoms with van der Waals surface area (Å²) >= 11 is 0. The van der Waals surface area contributed by atoms with E-state index in [1.54, 1.807) is 0 Å². The van der Waals surface area contributed by atoms with Crippen LogP contribution in [0.3, 0.4) is 0 Å². The molecule has 0 radical (unpaired) electrons. The molecule has 0 aromatic heterocycles. The van der Waals surface area contributed by atoms with Crippen molar-refractivity contribution in [3.05, 3.63) is 48.0 Å². The van der Waals surface area contributed by atoms with Gasteiger partial charge in [0.15, 0.2) is 0 Å². The maximum atomic E-state index is 12.6. The summed E-state index contributed by atoms with van der Waals surface area (Å²) < 4.78 is 24.6. The van der Waals surface area contributed by atoms with Gasteiger partial charge >= 0.3 is 0 Å². The Hall–Kier alpha value is -1.96. The average molecular weight is 375 g/mol. The van der Waals surface area contributed by atoms with Crippen LogP contribution < -0.4 is 11.1 Å². The third kappa shape index (κ3) is 4.23. The number of nitrogens with one attached hydrogen (secondary N) is 1. The molecule has 1 fully saturated rings. The van der Waals surface area contributed by atoms with Crippen molar-refractivity contribution in [3.8, 4) is 0 Å². The number of carbonyl (C=O) groups is 1. The summed E-state index contributed by atoms with van der Waals surface area (Å²) in [6.07, 6.45) is 2.28. The topological polar surface area (TPSA) is 92.5 Å². The van der Waals surface area contributed by atoms with E-state index in [1.807, 2.05) is 36.4 Å². The van der Waals surface area contributed by atoms with Crippen LogP contribution in [0.1, 0.15) is 24.4 Å². The summed E-state index contributed by atoms with van der Waals surface area (Å²) in [5, 5.41) is 5.29. The maximum Gasteiger partial charge on any atom is 0.223 e. The summed E-state index contributed by atoms with van der Waals surface area (Å²) in [6.45, 7) is 1.09. The number of carbonyl (C=O) groups excluding carboxylic acids is 1. The summed E-state index contributed by atoms with van der Waals surface area (Å²) in [5.41, 5.74) is 6.88. The molecule has 1 heterocycles. The van der Waals surface area contributed by atoms with E-state index in [9.17, 15) is 13.2 Å². The number of nitrogens with two attached hydrogens (primary N) is 1. The van der Waals surface area contributed by atoms with E-state index in [4.69, 9.17) is 5.73 Å². The molecule has 6 nitrogen and oxygen atoms in total. The molecule has 2 aromatic rings. The summed E-state index contributed by atoms with van der Waals surface area (Å²) in [5.74, 6) is -0.232. The van der Waals surface area contributed by atoms with Gasteiger partial charge in [0.2, 0.25) is 15.9 Å². The summed E-state index contributed by atoms with van der Waals surface area (Å²) in [4.78, 5) is 12.6. The summed E-state index contributed by atoms with van der Waals surface area (Å²) in [7, 11) is -3.18. The highest BCUT2D eigenvalue weighted by Gasteiger charge is 2.29. The quantitative estimate of drug-likeness (QED) is 0.831. The predicted molar refractivity (Wildman–Crippen MR) is 103 cm³/mol. The Kier molecular flexibility index (Phi) is 5.60. The van der Waals surface area contributed by atoms with Gasteiger partial charge in [0, 0.05) is 25.6 Å². The van der Waals surface area contributed by atoms with Gasteiger partial charge in [-0.15, -0.1) is 0 Å². The molecule has 0 aliphatic carbocycles. The molecular formula is C19H25N3O3S. The Labute approximate surface area is 154 Å². The number of nitrogens with zero attached hydrogens (tertiary/aromatic N) is 1. The van der Waals surface area contributed by atoms with Gasteiger partial charge in [-0.05, 0) is 35.2 Å². The fraction of sp³-hybridized carbons (Fsp3) is 0.421. The summed E-state index contributed by atoms with van der Waals surface area (Å²) in [6, 6.07) is 13.9. The molecule has 1 unspecified atom stereocenters. The number of hydrogen-bond acceptors (Lipinski definition) is 4. The number of amides is 1. The molecule has 0 saturated carbocycles. The van der Waals surface area contributed by atoms with Gasteiger partial charge in [-0.3, -0.25) is 4.79 Å². The Balaban J connectivity index is 1.67. The van der Waals surface area contributed by atoms with Crippen LogP contribution in [0.2, 0.25) is 0 Å². The number of sulfonamides is 1. The smallest absolute Gasteiger partial charge is 0.223 e. The van der Waals surface area contributed by atoms with Crippen molar-refractivity contribution in [2.75, 3.05) is 25.9 Å². The molecule has 3 N–H and O–H groups in total. The standard InChI is InChI=1S/C19H25N3O3S/c1-26(24,25)22-10-8-15(9-11-22)19(23)21-18(13-20)17-7-6-14-4-2-3-5-16(14)12-17/h2-7,12,15,18H,8-11,13,20H2,1H3,(H,21,23). The van der Waals surface area contributed by atoms with Crippen molar-refractivity contribution in [1.29, 1.82) is 0 Å². The molecule has 1 atom stereocenters. The molecule has 1 saturated heterocycles. The lowest BCUT2D eigenvalue weighted by Gasteiger charge is -2.30. The van der Waals surface area contributed by atoms with E-state index >= 15 is 0 Å². The Morgan fingerprint density at radius 1 is 1.19 bits per heavy atom. The number of fused-ring (bicyclic) bond motifs is 1. The third-order valence-electron chi connectivity index (χ3n) is 5.02. The zero-order chi connectivity index (χ0) is 18.7. The van der Waals surface area contributed by atoms with Crippen molar-refractivity contribution in [2.45, 2.75) is 18.9 Å². The molecule has 0 bridgehead atoms. The molecule has 26 heavy (non-hydrogen) atoms. The lowest BCUT2D eigenvalue weighted by molar-refractivity contribution is -0.126. The van der Waals surface area contributed by atoms with E-state index < -0.39 is 10.0 Å². The number of piperidine rings is 1. The molecule has 2 aromatic carbocycles. The monoisotopic (exact) mass is 375 g/mol. The average Bonchev–Trinajstić information content (AvgIpc) is 2.65. The first-order valence-corrected chi connectivity index (χ1v) is 10.7. The van der Waals surface area contributed by atoms with Gasteiger partial charge in [-0.1, -0.05) is 36.4 Å². The second-order valence-electron chi connectivity index (χ2n) is 6.84. The van der Waals surface area contributed by atoms with Gasteiger partial charge in [0.05, 0.1) is 12.3 Å². The second kappa shape index (κ2) is 7.73. The number of hydrogen-bond donors (Lipinski definition) is 2. The molecule has 3 rings (SSSR count). The van der Waals surface area contributed by atoms with Crippen molar-refractivity contribution in [2.24, 2.45) is 11.7 Å². The molecule has 0 spiro atoms. The van der Waals surface area contributed by atoms with Crippen molar-refractivity contribution in [1.82, 2.24) is 9.62 Å². The van der Waals surface area contributed by atoms with Crippen LogP contribution in [0.15, 0.2) is 42.5 Å². The van der Waals surface area contributed by atoms with Crippen LogP contribution in [0.5, 0.6) is 0 Å². The van der Waals surface area contributed by atoms with Crippen LogP contribution in [0.25, 0.3) is 10.8 Å². The molecular weight excluding hydrogens is 350 g/mol. The zero-order valence-corrected chi connectivity index (χ0v) is 15.7. The zero-order valence-electron chi connectivity index (χ0n) is 14.9. The molecule has 1 aliphatic rings. The third-order valence-corrected chi connectivity index (χ3v) is 6.32. The molecule has 140 valence electrons. The highest BCUT2D eigenvalue weighted by molar-refractivity contribution is 7.88. The Morgan fingerprint density at radius 3 is 2.46 bits per heavy atom. The fourth-order valence-corrected chi connectivity index (χ4v) is 4.32. The van der Waals surface area contributed by atoms with E-state index in [0.717, 1.165) is 16.3 Å². The molecule has 1 amide bonds. The molecule has 7 heteroatoms. The van der Waals surface area contributed by atoms with Crippen LogP contribution in [0, 0.1) is 5.92 Å². The molecule has 1 aliphatic heterocycles. The van der Waals surface area contributed by atoms with Crippen molar-refractivity contribution >= 4 is 26.7 Å². The lowest BCUT2D eigenvalue weighted by Crippen LogP contribution is -2.44. The number of benzene rings is 2. The van der Waals surface area contributed by atoms with Crippen LogP contribution in [0.4, 0.5) is 0 Å². The first-order chi connectivity index (χ1) is 12.4. The minimum Gasteiger partial charge on any atom is -0.348 e. The minimum absolute atomic E-state index is 0.0539. The highest BCUT2D eigenvalue weighted by Crippen LogP contribution is 2.23. The lowest BCUT2D eigenvalue weighted by atomic mass is 9.95. The van der Waals surface area contributed by atoms with Gasteiger partial charge in [0.1, 0.15) is 0 Å². The first-order valence-electron chi connectivity index (χ1n) is 8.83. The Morgan fingerprint density at radius 2 is 1.85 bits per heavy atom. The van der Waals surface area contributed by atoms with Crippen LogP contribution in [-0.2, 0) is 14.8 Å². The largest absolute Gasteiger partial charge is 0.348 e. The van der Waals surface area contributed by atoms with E-state index in [0.29, 0.717) is 32.5 Å². The van der Waals surface area contributed by atoms with E-state index in [-0.39, 0.29) is 17.9 Å². The SMILES string of the molecule is CS(=O)(=O)N1CCC(C(=O)NC(CN)c2ccc3ccccc3c2)CC1. The minimum atomic E-state index is -3.18. The van der Waals surface area contributed by atoms with Gasteiger partial charge < -0.3 is 11.1 Å². The number of rotatable bonds is 5. The maximum absolute atomic E-state index is 12.6. The normalized spacial score (nSPS) is 17.9. The fourth-order valence-electron chi connectivity index (χ4n) is 3.44. The predicted octanol–water partition coefficient (Wildman–Crippen LogP) is 1.63. The van der Waals surface area contributed by atoms with Crippen molar-refractivity contribution < 1.29 is 13.2 Å². The first kappa shape index (κ1) is 18.8. The van der Waals surface area contributed by atoms with Crippen molar-refractivity contribution in [3.63, 3.8) is 0 Å². The van der Waals surface area contributed by atoms with Crippen LogP contribution >= 0.6 is 0 Å². The second-order valence-corrected chi connectivity index (χ2v) is 8.82. The van der Waals surface area contributed by atoms with E-state index in [2.05, 4.69) is 11.4 Å². The Bertz CT molecular complexity index is 890. The van der Waals surface area contributed by atoms with E-state index in [1.165, 1.54) is 10.6 Å². The highest BCUT2D eigenvalue weighted by atomic mass is 32.2. The van der Waals surface area contributed by atoms with Gasteiger partial charge in [-0.25, -0.2) is 12.7 Å². The van der Waals surface area contributed by atoms with Crippen LogP contribution in [-0.4, -0.2) is 44.5 Å².